The SMILES string of the molecule is Cc1ccc(F)cc1C(=O)C(Cl)Cl. The summed E-state index contributed by atoms with van der Waals surface area (Å²) in [4.78, 5) is 10.1. The lowest BCUT2D eigenvalue weighted by molar-refractivity contribution is 0.101. The van der Waals surface area contributed by atoms with E-state index in [2.05, 4.69) is 0 Å². The maximum absolute atomic E-state index is 12.7. The Kier molecular flexibility index (Phi) is 3.28. The van der Waals surface area contributed by atoms with E-state index in [1.165, 1.54) is 12.1 Å². The van der Waals surface area contributed by atoms with Gasteiger partial charge in [0.05, 0.1) is 0 Å². The Morgan fingerprint density at radius 3 is 2.62 bits per heavy atom. The molecule has 0 aliphatic heterocycles. The first-order valence-electron chi connectivity index (χ1n) is 3.61. The van der Waals surface area contributed by atoms with Crippen LogP contribution in [0.5, 0.6) is 0 Å². The molecule has 13 heavy (non-hydrogen) atoms. The van der Waals surface area contributed by atoms with Gasteiger partial charge in [-0.15, -0.1) is 0 Å². The fraction of sp³-hybridized carbons (Fsp3) is 0.222. The molecule has 0 radical (unpaired) electrons. The Morgan fingerprint density at radius 2 is 2.08 bits per heavy atom. The first kappa shape index (κ1) is 10.5. The number of rotatable bonds is 2. The van der Waals surface area contributed by atoms with Crippen LogP contribution in [0.15, 0.2) is 18.2 Å². The number of alkyl halides is 2. The second kappa shape index (κ2) is 4.07. The van der Waals surface area contributed by atoms with Gasteiger partial charge in [0.2, 0.25) is 0 Å². The Balaban J connectivity index is 3.13. The number of Topliss-reactive ketones (excluding diaryl/α,β-unsaturated/α-hetero) is 1. The van der Waals surface area contributed by atoms with Crippen LogP contribution in [-0.2, 0) is 0 Å². The Hall–Kier alpha value is -0.600. The lowest BCUT2D eigenvalue weighted by atomic mass is 10.1. The van der Waals surface area contributed by atoms with Gasteiger partial charge in [0.1, 0.15) is 5.82 Å². The molecule has 0 unspecified atom stereocenters. The van der Waals surface area contributed by atoms with Crippen LogP contribution < -0.4 is 0 Å². The minimum absolute atomic E-state index is 0.231. The third kappa shape index (κ3) is 2.42. The van der Waals surface area contributed by atoms with E-state index < -0.39 is 16.4 Å². The molecule has 0 bridgehead atoms. The van der Waals surface area contributed by atoms with Crippen molar-refractivity contribution in [3.05, 3.63) is 35.1 Å². The van der Waals surface area contributed by atoms with Crippen molar-refractivity contribution in [2.45, 2.75) is 11.8 Å². The maximum Gasteiger partial charge on any atom is 0.196 e. The van der Waals surface area contributed by atoms with Gasteiger partial charge < -0.3 is 0 Å². The fourth-order valence-corrected chi connectivity index (χ4v) is 1.21. The number of hydrogen-bond acceptors (Lipinski definition) is 1. The summed E-state index contributed by atoms with van der Waals surface area (Å²) in [6.07, 6.45) is 0. The molecule has 70 valence electrons. The van der Waals surface area contributed by atoms with Crippen molar-refractivity contribution in [3.63, 3.8) is 0 Å². The second-order valence-corrected chi connectivity index (χ2v) is 3.72. The highest BCUT2D eigenvalue weighted by Crippen LogP contribution is 2.16. The molecular formula is C9H7Cl2FO. The van der Waals surface area contributed by atoms with E-state index in [0.29, 0.717) is 5.56 Å². The Morgan fingerprint density at radius 1 is 1.46 bits per heavy atom. The van der Waals surface area contributed by atoms with Gasteiger partial charge in [-0.25, -0.2) is 4.39 Å². The van der Waals surface area contributed by atoms with Crippen LogP contribution in [-0.4, -0.2) is 10.6 Å². The highest BCUT2D eigenvalue weighted by atomic mass is 35.5. The van der Waals surface area contributed by atoms with Gasteiger partial charge in [-0.3, -0.25) is 4.79 Å². The van der Waals surface area contributed by atoms with Gasteiger partial charge in [-0.05, 0) is 24.6 Å². The zero-order valence-electron chi connectivity index (χ0n) is 6.85. The molecule has 0 saturated heterocycles. The number of halogens is 3. The quantitative estimate of drug-likeness (QED) is 0.553. The van der Waals surface area contributed by atoms with Crippen molar-refractivity contribution in [3.8, 4) is 0 Å². The third-order valence-electron chi connectivity index (χ3n) is 1.66. The summed E-state index contributed by atoms with van der Waals surface area (Å²) in [5, 5.41) is 0. The van der Waals surface area contributed by atoms with Crippen molar-refractivity contribution < 1.29 is 9.18 Å². The molecule has 0 spiro atoms. The molecule has 0 heterocycles. The largest absolute Gasteiger partial charge is 0.291 e. The molecule has 0 fully saturated rings. The van der Waals surface area contributed by atoms with E-state index in [1.807, 2.05) is 0 Å². The van der Waals surface area contributed by atoms with Crippen molar-refractivity contribution in [1.82, 2.24) is 0 Å². The molecule has 0 atom stereocenters. The summed E-state index contributed by atoms with van der Waals surface area (Å²) in [5.41, 5.74) is 0.896. The first-order chi connectivity index (χ1) is 6.02. The standard InChI is InChI=1S/C9H7Cl2FO/c1-5-2-3-6(12)4-7(5)8(13)9(10)11/h2-4,9H,1H3. The molecule has 0 aromatic heterocycles. The summed E-state index contributed by atoms with van der Waals surface area (Å²) in [7, 11) is 0. The average Bonchev–Trinajstić information content (AvgIpc) is 2.08. The monoisotopic (exact) mass is 220 g/mol. The van der Waals surface area contributed by atoms with Crippen LogP contribution in [0.25, 0.3) is 0 Å². The highest BCUT2D eigenvalue weighted by Gasteiger charge is 2.16. The van der Waals surface area contributed by atoms with Crippen molar-refractivity contribution in [2.24, 2.45) is 0 Å². The fourth-order valence-electron chi connectivity index (χ4n) is 0.977. The van der Waals surface area contributed by atoms with Crippen LogP contribution in [0.1, 0.15) is 15.9 Å². The Bertz CT molecular complexity index is 336. The summed E-state index contributed by atoms with van der Waals surface area (Å²) in [6.45, 7) is 1.70. The minimum Gasteiger partial charge on any atom is -0.291 e. The summed E-state index contributed by atoms with van der Waals surface area (Å²) >= 11 is 10.8. The summed E-state index contributed by atoms with van der Waals surface area (Å²) in [5.74, 6) is -0.941. The maximum atomic E-state index is 12.7. The van der Waals surface area contributed by atoms with Crippen LogP contribution in [0, 0.1) is 12.7 Å². The van der Waals surface area contributed by atoms with Crippen molar-refractivity contribution in [1.29, 1.82) is 0 Å². The number of hydrogen-bond donors (Lipinski definition) is 0. The van der Waals surface area contributed by atoms with E-state index in [9.17, 15) is 9.18 Å². The molecule has 1 rings (SSSR count). The van der Waals surface area contributed by atoms with Gasteiger partial charge >= 0.3 is 0 Å². The third-order valence-corrected chi connectivity index (χ3v) is 2.06. The number of benzene rings is 1. The molecular weight excluding hydrogens is 214 g/mol. The number of carbonyl (C=O) groups is 1. The first-order valence-corrected chi connectivity index (χ1v) is 4.48. The average molecular weight is 221 g/mol. The van der Waals surface area contributed by atoms with Crippen LogP contribution in [0.2, 0.25) is 0 Å². The molecule has 1 aromatic carbocycles. The number of ketones is 1. The van der Waals surface area contributed by atoms with Gasteiger partial charge in [0.25, 0.3) is 0 Å². The molecule has 4 heteroatoms. The van der Waals surface area contributed by atoms with Crippen LogP contribution >= 0.6 is 23.2 Å². The smallest absolute Gasteiger partial charge is 0.196 e. The zero-order valence-corrected chi connectivity index (χ0v) is 8.36. The summed E-state index contributed by atoms with van der Waals surface area (Å²) in [6, 6.07) is 3.93. The van der Waals surface area contributed by atoms with E-state index in [-0.39, 0.29) is 5.56 Å². The van der Waals surface area contributed by atoms with Gasteiger partial charge in [0.15, 0.2) is 10.6 Å². The van der Waals surface area contributed by atoms with Crippen molar-refractivity contribution in [2.75, 3.05) is 0 Å². The lowest BCUT2D eigenvalue weighted by Gasteiger charge is -2.04. The van der Waals surface area contributed by atoms with E-state index in [0.717, 1.165) is 6.07 Å². The van der Waals surface area contributed by atoms with Crippen LogP contribution in [0.4, 0.5) is 4.39 Å². The van der Waals surface area contributed by atoms with E-state index in [1.54, 1.807) is 6.92 Å². The summed E-state index contributed by atoms with van der Waals surface area (Å²) < 4.78 is 12.7. The molecule has 1 nitrogen and oxygen atoms in total. The molecule has 1 aromatic rings. The zero-order chi connectivity index (χ0) is 10.0. The number of carbonyl (C=O) groups excluding carboxylic acids is 1. The van der Waals surface area contributed by atoms with Crippen LogP contribution in [0.3, 0.4) is 0 Å². The van der Waals surface area contributed by atoms with Gasteiger partial charge in [0, 0.05) is 5.56 Å². The molecule has 0 N–H and O–H groups in total. The highest BCUT2D eigenvalue weighted by molar-refractivity contribution is 6.55. The molecule has 0 aliphatic carbocycles. The second-order valence-electron chi connectivity index (χ2n) is 2.62. The van der Waals surface area contributed by atoms with Crippen molar-refractivity contribution >= 4 is 29.0 Å². The predicted octanol–water partition coefficient (Wildman–Crippen LogP) is 3.12. The topological polar surface area (TPSA) is 17.1 Å². The molecule has 0 aliphatic rings. The van der Waals surface area contributed by atoms with E-state index in [4.69, 9.17) is 23.2 Å². The van der Waals surface area contributed by atoms with E-state index >= 15 is 0 Å². The minimum atomic E-state index is -1.14. The normalized spacial score (nSPS) is 10.5. The number of aryl methyl sites for hydroxylation is 1. The van der Waals surface area contributed by atoms with Gasteiger partial charge in [-0.1, -0.05) is 29.3 Å². The van der Waals surface area contributed by atoms with Gasteiger partial charge in [-0.2, -0.15) is 0 Å². The molecule has 0 amide bonds. The predicted molar refractivity (Wildman–Crippen MR) is 51.0 cm³/mol. The Labute approximate surface area is 85.5 Å². The lowest BCUT2D eigenvalue weighted by Crippen LogP contribution is -2.10. The molecule has 0 saturated carbocycles.